The smallest absolute Gasteiger partial charge is 0.321 e. The summed E-state index contributed by atoms with van der Waals surface area (Å²) in [4.78, 5) is 16.2. The van der Waals surface area contributed by atoms with E-state index in [1.807, 2.05) is 31.2 Å². The van der Waals surface area contributed by atoms with Crippen molar-refractivity contribution in [1.29, 1.82) is 0 Å². The van der Waals surface area contributed by atoms with Crippen LogP contribution in [0.25, 0.3) is 0 Å². The topological polar surface area (TPSA) is 81.8 Å². The lowest BCUT2D eigenvalue weighted by Crippen LogP contribution is -2.50. The number of rotatable bonds is 4. The van der Waals surface area contributed by atoms with Crippen molar-refractivity contribution in [2.45, 2.75) is 13.0 Å². The normalized spacial score (nSPS) is 17.6. The van der Waals surface area contributed by atoms with Gasteiger partial charge in [-0.15, -0.1) is 0 Å². The number of hydrogen-bond donors (Lipinski definition) is 3. The summed E-state index contributed by atoms with van der Waals surface area (Å²) in [5.74, 6) is 0. The number of piperazine rings is 1. The number of carbonyl (C=O) groups is 1. The standard InChI is InChI=1S/C15H24N4O2/c1-12(16)13-3-2-4-14(11-13)17-15(21)19-7-5-18(6-8-19)9-10-20/h2-4,11-12,20H,5-10,16H2,1H3,(H,17,21). The van der Waals surface area contributed by atoms with Crippen molar-refractivity contribution in [3.63, 3.8) is 0 Å². The summed E-state index contributed by atoms with van der Waals surface area (Å²) in [5, 5.41) is 11.8. The highest BCUT2D eigenvalue weighted by atomic mass is 16.3. The molecular formula is C15H24N4O2. The number of benzene rings is 1. The van der Waals surface area contributed by atoms with Gasteiger partial charge >= 0.3 is 6.03 Å². The van der Waals surface area contributed by atoms with Gasteiger partial charge in [0.2, 0.25) is 0 Å². The lowest BCUT2D eigenvalue weighted by molar-refractivity contribution is 0.127. The van der Waals surface area contributed by atoms with E-state index in [4.69, 9.17) is 10.8 Å². The van der Waals surface area contributed by atoms with Crippen molar-refractivity contribution in [3.8, 4) is 0 Å². The van der Waals surface area contributed by atoms with Crippen molar-refractivity contribution in [1.82, 2.24) is 9.80 Å². The van der Waals surface area contributed by atoms with Crippen LogP contribution in [0, 0.1) is 0 Å². The van der Waals surface area contributed by atoms with Crippen LogP contribution in [0.4, 0.5) is 10.5 Å². The first-order chi connectivity index (χ1) is 10.1. The van der Waals surface area contributed by atoms with E-state index >= 15 is 0 Å². The molecule has 4 N–H and O–H groups in total. The van der Waals surface area contributed by atoms with E-state index in [-0.39, 0.29) is 18.7 Å². The minimum absolute atomic E-state index is 0.0520. The zero-order valence-corrected chi connectivity index (χ0v) is 12.5. The Bertz CT molecular complexity index is 470. The van der Waals surface area contributed by atoms with Crippen LogP contribution in [0.2, 0.25) is 0 Å². The van der Waals surface area contributed by atoms with Gasteiger partial charge in [0.15, 0.2) is 0 Å². The second-order valence-corrected chi connectivity index (χ2v) is 5.40. The summed E-state index contributed by atoms with van der Waals surface area (Å²) in [6.45, 7) is 5.71. The molecule has 6 heteroatoms. The van der Waals surface area contributed by atoms with Gasteiger partial charge in [0, 0.05) is 44.5 Å². The molecule has 2 amide bonds. The second kappa shape index (κ2) is 7.40. The molecule has 1 heterocycles. The van der Waals surface area contributed by atoms with Crippen molar-refractivity contribution >= 4 is 11.7 Å². The monoisotopic (exact) mass is 292 g/mol. The van der Waals surface area contributed by atoms with E-state index in [1.165, 1.54) is 0 Å². The van der Waals surface area contributed by atoms with Crippen LogP contribution in [-0.2, 0) is 0 Å². The number of nitrogens with zero attached hydrogens (tertiary/aromatic N) is 2. The Morgan fingerprint density at radius 2 is 2.10 bits per heavy atom. The fraction of sp³-hybridized carbons (Fsp3) is 0.533. The molecule has 1 fully saturated rings. The summed E-state index contributed by atoms with van der Waals surface area (Å²) in [6.07, 6.45) is 0. The van der Waals surface area contributed by atoms with Gasteiger partial charge in [-0.2, -0.15) is 0 Å². The quantitative estimate of drug-likeness (QED) is 0.768. The van der Waals surface area contributed by atoms with Gasteiger partial charge in [0.25, 0.3) is 0 Å². The first-order valence-corrected chi connectivity index (χ1v) is 7.35. The molecule has 116 valence electrons. The molecule has 0 bridgehead atoms. The second-order valence-electron chi connectivity index (χ2n) is 5.40. The highest BCUT2D eigenvalue weighted by Gasteiger charge is 2.20. The SMILES string of the molecule is CC(N)c1cccc(NC(=O)N2CCN(CCO)CC2)c1. The molecule has 1 aliphatic rings. The fourth-order valence-corrected chi connectivity index (χ4v) is 2.42. The molecule has 1 aromatic rings. The summed E-state index contributed by atoms with van der Waals surface area (Å²) in [7, 11) is 0. The summed E-state index contributed by atoms with van der Waals surface area (Å²) < 4.78 is 0. The van der Waals surface area contributed by atoms with Crippen LogP contribution in [0.5, 0.6) is 0 Å². The maximum Gasteiger partial charge on any atom is 0.321 e. The lowest BCUT2D eigenvalue weighted by Gasteiger charge is -2.34. The van der Waals surface area contributed by atoms with Gasteiger partial charge in [0.1, 0.15) is 0 Å². The van der Waals surface area contributed by atoms with Crippen molar-refractivity contribution in [2.24, 2.45) is 5.73 Å². The third-order valence-electron chi connectivity index (χ3n) is 3.74. The van der Waals surface area contributed by atoms with E-state index < -0.39 is 0 Å². The number of nitrogens with one attached hydrogen (secondary N) is 1. The summed E-state index contributed by atoms with van der Waals surface area (Å²) in [5.41, 5.74) is 7.62. The fourth-order valence-electron chi connectivity index (χ4n) is 2.42. The Labute approximate surface area is 125 Å². The van der Waals surface area contributed by atoms with Crippen LogP contribution < -0.4 is 11.1 Å². The zero-order valence-electron chi connectivity index (χ0n) is 12.5. The highest BCUT2D eigenvalue weighted by Crippen LogP contribution is 2.16. The third kappa shape index (κ3) is 4.42. The van der Waals surface area contributed by atoms with Gasteiger partial charge in [-0.25, -0.2) is 4.79 Å². The minimum Gasteiger partial charge on any atom is -0.395 e. The molecule has 1 saturated heterocycles. The first kappa shape index (κ1) is 15.8. The van der Waals surface area contributed by atoms with E-state index in [1.54, 1.807) is 4.90 Å². The van der Waals surface area contributed by atoms with E-state index in [2.05, 4.69) is 10.2 Å². The van der Waals surface area contributed by atoms with E-state index in [0.717, 1.165) is 24.3 Å². The molecule has 1 atom stereocenters. The molecule has 1 unspecified atom stereocenters. The maximum absolute atomic E-state index is 12.2. The molecule has 0 aliphatic carbocycles. The van der Waals surface area contributed by atoms with Crippen molar-refractivity contribution in [3.05, 3.63) is 29.8 Å². The Kier molecular flexibility index (Phi) is 5.55. The summed E-state index contributed by atoms with van der Waals surface area (Å²) >= 11 is 0. The Hall–Kier alpha value is -1.63. The maximum atomic E-state index is 12.2. The molecule has 6 nitrogen and oxygen atoms in total. The van der Waals surface area contributed by atoms with Crippen LogP contribution in [0.15, 0.2) is 24.3 Å². The molecule has 2 rings (SSSR count). The molecule has 0 spiro atoms. The lowest BCUT2D eigenvalue weighted by atomic mass is 10.1. The average molecular weight is 292 g/mol. The Morgan fingerprint density at radius 3 is 2.71 bits per heavy atom. The van der Waals surface area contributed by atoms with Crippen LogP contribution in [-0.4, -0.2) is 60.3 Å². The Balaban J connectivity index is 1.89. The first-order valence-electron chi connectivity index (χ1n) is 7.35. The van der Waals surface area contributed by atoms with Crippen molar-refractivity contribution < 1.29 is 9.90 Å². The van der Waals surface area contributed by atoms with E-state index in [9.17, 15) is 4.79 Å². The number of urea groups is 1. The number of anilines is 1. The number of β-amino-alcohol motifs (C(OH)–C–C–N with tert-alkyl or cyclic N) is 1. The van der Waals surface area contributed by atoms with Gasteiger partial charge in [0.05, 0.1) is 6.61 Å². The molecule has 1 aliphatic heterocycles. The number of hydrogen-bond acceptors (Lipinski definition) is 4. The van der Waals surface area contributed by atoms with Gasteiger partial charge in [-0.3, -0.25) is 4.90 Å². The highest BCUT2D eigenvalue weighted by molar-refractivity contribution is 5.89. The molecule has 0 radical (unpaired) electrons. The zero-order chi connectivity index (χ0) is 15.2. The van der Waals surface area contributed by atoms with Crippen molar-refractivity contribution in [2.75, 3.05) is 44.6 Å². The number of carbonyl (C=O) groups excluding carboxylic acids is 1. The number of amides is 2. The summed E-state index contributed by atoms with van der Waals surface area (Å²) in [6, 6.07) is 7.49. The molecule has 1 aromatic carbocycles. The van der Waals surface area contributed by atoms with Gasteiger partial charge in [-0.1, -0.05) is 12.1 Å². The van der Waals surface area contributed by atoms with Crippen LogP contribution in [0.3, 0.4) is 0 Å². The number of aliphatic hydroxyl groups excluding tert-OH is 1. The predicted molar refractivity (Wildman–Crippen MR) is 83.2 cm³/mol. The predicted octanol–water partition coefficient (Wildman–Crippen LogP) is 0.848. The third-order valence-corrected chi connectivity index (χ3v) is 3.74. The number of nitrogens with two attached hydrogens (primary N) is 1. The van der Waals surface area contributed by atoms with Gasteiger partial charge in [-0.05, 0) is 24.6 Å². The molecule has 21 heavy (non-hydrogen) atoms. The number of aliphatic hydroxyl groups is 1. The Morgan fingerprint density at radius 1 is 1.38 bits per heavy atom. The average Bonchev–Trinajstić information content (AvgIpc) is 2.48. The largest absolute Gasteiger partial charge is 0.395 e. The molecular weight excluding hydrogens is 268 g/mol. The van der Waals surface area contributed by atoms with Crippen LogP contribution in [0.1, 0.15) is 18.5 Å². The van der Waals surface area contributed by atoms with Crippen LogP contribution >= 0.6 is 0 Å². The minimum atomic E-state index is -0.0829. The molecule has 0 aromatic heterocycles. The van der Waals surface area contributed by atoms with E-state index in [0.29, 0.717) is 19.6 Å². The molecule has 0 saturated carbocycles. The van der Waals surface area contributed by atoms with Gasteiger partial charge < -0.3 is 21.1 Å².